The minimum absolute atomic E-state index is 0.00601. The molecule has 0 atom stereocenters. The van der Waals surface area contributed by atoms with Gasteiger partial charge in [0.15, 0.2) is 5.76 Å². The first kappa shape index (κ1) is 16.1. The maximum Gasteiger partial charge on any atom is 0.238 e. The molecule has 0 saturated carbocycles. The van der Waals surface area contributed by atoms with Crippen LogP contribution in [0, 0.1) is 0 Å². The number of nitrogens with one attached hydrogen (secondary N) is 1. The van der Waals surface area contributed by atoms with Gasteiger partial charge in [-0.25, -0.2) is 0 Å². The number of nitrogens with zero attached hydrogens (tertiary/aromatic N) is 2. The monoisotopic (exact) mass is 357 g/mol. The quantitative estimate of drug-likeness (QED) is 0.730. The molecule has 0 saturated heterocycles. The highest BCUT2D eigenvalue weighted by atomic mass is 32.1. The molecule has 4 rings (SSSR count). The summed E-state index contributed by atoms with van der Waals surface area (Å²) in [6, 6.07) is 3.53. The maximum absolute atomic E-state index is 12.1. The van der Waals surface area contributed by atoms with E-state index in [1.54, 1.807) is 18.4 Å². The zero-order valence-corrected chi connectivity index (χ0v) is 14.6. The van der Waals surface area contributed by atoms with E-state index < -0.39 is 0 Å². The summed E-state index contributed by atoms with van der Waals surface area (Å²) in [5.41, 5.74) is 2.72. The van der Waals surface area contributed by atoms with Crippen molar-refractivity contribution in [2.75, 3.05) is 0 Å². The lowest BCUT2D eigenvalue weighted by Crippen LogP contribution is -2.23. The molecule has 1 aliphatic carbocycles. The van der Waals surface area contributed by atoms with E-state index in [1.165, 1.54) is 35.3 Å². The molecule has 0 aliphatic heterocycles. The SMILES string of the molecule is O=C(CCc1nc(-c2ccco2)no1)NCc1csc2c1CCCC2. The summed E-state index contributed by atoms with van der Waals surface area (Å²) in [6.45, 7) is 0.603. The zero-order valence-electron chi connectivity index (χ0n) is 13.8. The maximum atomic E-state index is 12.1. The minimum Gasteiger partial charge on any atom is -0.461 e. The van der Waals surface area contributed by atoms with E-state index in [2.05, 4.69) is 20.8 Å². The Labute approximate surface area is 149 Å². The second-order valence-corrected chi connectivity index (χ2v) is 7.10. The number of carbonyl (C=O) groups excluding carboxylic acids is 1. The molecule has 0 radical (unpaired) electrons. The Kier molecular flexibility index (Phi) is 4.65. The molecule has 3 aromatic rings. The van der Waals surface area contributed by atoms with Crippen LogP contribution in [-0.2, 0) is 30.6 Å². The first-order chi connectivity index (χ1) is 12.3. The highest BCUT2D eigenvalue weighted by Gasteiger charge is 2.16. The summed E-state index contributed by atoms with van der Waals surface area (Å²) in [5.74, 6) is 1.40. The number of carbonyl (C=O) groups is 1. The Morgan fingerprint density at radius 3 is 3.12 bits per heavy atom. The van der Waals surface area contributed by atoms with E-state index in [4.69, 9.17) is 8.94 Å². The van der Waals surface area contributed by atoms with Crippen molar-refractivity contribution in [3.63, 3.8) is 0 Å². The van der Waals surface area contributed by atoms with Crippen LogP contribution < -0.4 is 5.32 Å². The largest absolute Gasteiger partial charge is 0.461 e. The van der Waals surface area contributed by atoms with Gasteiger partial charge in [-0.05, 0) is 54.3 Å². The molecule has 0 fully saturated rings. The predicted octanol–water partition coefficient (Wildman–Crippen LogP) is 3.52. The van der Waals surface area contributed by atoms with Gasteiger partial charge in [0, 0.05) is 24.3 Å². The van der Waals surface area contributed by atoms with Crippen molar-refractivity contribution in [1.29, 1.82) is 0 Å². The highest BCUT2D eigenvalue weighted by Crippen LogP contribution is 2.30. The number of aryl methyl sites for hydroxylation is 2. The number of thiophene rings is 1. The molecule has 0 aromatic carbocycles. The number of aromatic nitrogens is 2. The fraction of sp³-hybridized carbons (Fsp3) is 0.389. The lowest BCUT2D eigenvalue weighted by molar-refractivity contribution is -0.121. The molecule has 7 heteroatoms. The Balaban J connectivity index is 1.28. The molecule has 25 heavy (non-hydrogen) atoms. The van der Waals surface area contributed by atoms with Gasteiger partial charge in [-0.15, -0.1) is 11.3 Å². The van der Waals surface area contributed by atoms with Gasteiger partial charge in [0.25, 0.3) is 0 Å². The van der Waals surface area contributed by atoms with Crippen molar-refractivity contribution >= 4 is 17.2 Å². The molecule has 0 bridgehead atoms. The summed E-state index contributed by atoms with van der Waals surface area (Å²) < 4.78 is 10.4. The third-order valence-corrected chi connectivity index (χ3v) is 5.54. The van der Waals surface area contributed by atoms with E-state index >= 15 is 0 Å². The number of amides is 1. The molecular formula is C18H19N3O3S. The van der Waals surface area contributed by atoms with Crippen LogP contribution in [0.3, 0.4) is 0 Å². The van der Waals surface area contributed by atoms with Crippen molar-refractivity contribution in [2.45, 2.75) is 45.1 Å². The number of rotatable bonds is 6. The van der Waals surface area contributed by atoms with E-state index in [0.717, 1.165) is 6.42 Å². The molecule has 130 valence electrons. The number of hydrogen-bond donors (Lipinski definition) is 1. The Morgan fingerprint density at radius 2 is 2.24 bits per heavy atom. The fourth-order valence-corrected chi connectivity index (χ4v) is 4.22. The van der Waals surface area contributed by atoms with Crippen molar-refractivity contribution in [2.24, 2.45) is 0 Å². The second kappa shape index (κ2) is 7.23. The van der Waals surface area contributed by atoms with E-state index in [9.17, 15) is 4.79 Å². The summed E-state index contributed by atoms with van der Waals surface area (Å²) in [4.78, 5) is 17.8. The third kappa shape index (κ3) is 3.66. The van der Waals surface area contributed by atoms with Gasteiger partial charge in [-0.3, -0.25) is 4.79 Å². The van der Waals surface area contributed by atoms with E-state index in [1.807, 2.05) is 11.3 Å². The fourth-order valence-electron chi connectivity index (χ4n) is 3.07. The summed E-state index contributed by atoms with van der Waals surface area (Å²) in [7, 11) is 0. The number of hydrogen-bond acceptors (Lipinski definition) is 6. The standard InChI is InChI=1S/C18H19N3O3S/c22-16(19-10-12-11-25-15-6-2-1-4-13(12)15)7-8-17-20-18(21-24-17)14-5-3-9-23-14/h3,5,9,11H,1-2,4,6-8,10H2,(H,19,22). The molecule has 3 heterocycles. The first-order valence-electron chi connectivity index (χ1n) is 8.51. The number of furan rings is 1. The molecule has 1 amide bonds. The van der Waals surface area contributed by atoms with Crippen LogP contribution in [0.4, 0.5) is 0 Å². The molecule has 0 spiro atoms. The van der Waals surface area contributed by atoms with Crippen molar-refractivity contribution in [1.82, 2.24) is 15.5 Å². The van der Waals surface area contributed by atoms with Gasteiger partial charge in [0.05, 0.1) is 6.26 Å². The van der Waals surface area contributed by atoms with Crippen LogP contribution in [0.15, 0.2) is 32.7 Å². The Bertz CT molecular complexity index is 851. The second-order valence-electron chi connectivity index (χ2n) is 6.14. The molecule has 1 aliphatic rings. The smallest absolute Gasteiger partial charge is 0.238 e. The topological polar surface area (TPSA) is 81.2 Å². The van der Waals surface area contributed by atoms with Gasteiger partial charge in [0.2, 0.25) is 17.6 Å². The van der Waals surface area contributed by atoms with Gasteiger partial charge in [0.1, 0.15) is 0 Å². The molecule has 0 unspecified atom stereocenters. The Morgan fingerprint density at radius 1 is 1.32 bits per heavy atom. The average molecular weight is 357 g/mol. The number of fused-ring (bicyclic) bond motifs is 1. The zero-order chi connectivity index (χ0) is 17.1. The normalized spacial score (nSPS) is 13.6. The van der Waals surface area contributed by atoms with Crippen molar-refractivity contribution in [3.8, 4) is 11.6 Å². The molecule has 3 aromatic heterocycles. The lowest BCUT2D eigenvalue weighted by atomic mass is 9.96. The summed E-state index contributed by atoms with van der Waals surface area (Å²) in [6.07, 6.45) is 7.16. The van der Waals surface area contributed by atoms with E-state index in [-0.39, 0.29) is 5.91 Å². The minimum atomic E-state index is -0.00601. The van der Waals surface area contributed by atoms with Crippen LogP contribution in [0.25, 0.3) is 11.6 Å². The predicted molar refractivity (Wildman–Crippen MR) is 93.1 cm³/mol. The van der Waals surface area contributed by atoms with Crippen LogP contribution in [-0.4, -0.2) is 16.0 Å². The summed E-state index contributed by atoms with van der Waals surface area (Å²) >= 11 is 1.82. The molecule has 1 N–H and O–H groups in total. The van der Waals surface area contributed by atoms with Gasteiger partial charge in [-0.1, -0.05) is 5.16 Å². The van der Waals surface area contributed by atoms with Gasteiger partial charge < -0.3 is 14.3 Å². The molecular weight excluding hydrogens is 338 g/mol. The van der Waals surface area contributed by atoms with Crippen molar-refractivity contribution < 1.29 is 13.7 Å². The van der Waals surface area contributed by atoms with Gasteiger partial charge in [-0.2, -0.15) is 4.98 Å². The third-order valence-electron chi connectivity index (χ3n) is 4.40. The van der Waals surface area contributed by atoms with E-state index in [0.29, 0.717) is 36.9 Å². The average Bonchev–Trinajstić information content (AvgIpc) is 3.38. The van der Waals surface area contributed by atoms with Crippen LogP contribution in [0.2, 0.25) is 0 Å². The van der Waals surface area contributed by atoms with Crippen LogP contribution in [0.1, 0.15) is 41.2 Å². The summed E-state index contributed by atoms with van der Waals surface area (Å²) in [5, 5.41) is 9.04. The van der Waals surface area contributed by atoms with Crippen molar-refractivity contribution in [3.05, 3.63) is 45.7 Å². The first-order valence-corrected chi connectivity index (χ1v) is 9.39. The van der Waals surface area contributed by atoms with Gasteiger partial charge >= 0.3 is 0 Å². The molecule has 6 nitrogen and oxygen atoms in total. The lowest BCUT2D eigenvalue weighted by Gasteiger charge is -2.13. The highest BCUT2D eigenvalue weighted by molar-refractivity contribution is 7.10. The Hall–Kier alpha value is -2.41. The van der Waals surface area contributed by atoms with Crippen LogP contribution in [0.5, 0.6) is 0 Å². The van der Waals surface area contributed by atoms with Crippen LogP contribution >= 0.6 is 11.3 Å².